The Balaban J connectivity index is 1.57. The van der Waals surface area contributed by atoms with Crippen molar-refractivity contribution in [3.8, 4) is 10.7 Å². The fourth-order valence-corrected chi connectivity index (χ4v) is 5.03. The number of benzene rings is 1. The van der Waals surface area contributed by atoms with Crippen molar-refractivity contribution in [3.05, 3.63) is 46.3 Å². The van der Waals surface area contributed by atoms with Gasteiger partial charge in [0.15, 0.2) is 11.0 Å². The number of hydrogen-bond acceptors (Lipinski definition) is 6. The molecule has 0 spiro atoms. The first-order chi connectivity index (χ1) is 14.8. The summed E-state index contributed by atoms with van der Waals surface area (Å²) in [4.78, 5) is 27.6. The Labute approximate surface area is 190 Å². The molecule has 0 atom stereocenters. The van der Waals surface area contributed by atoms with E-state index in [0.717, 1.165) is 33.1 Å². The number of nitrogens with one attached hydrogen (secondary N) is 1. The number of carbonyl (C=O) groups is 2. The highest BCUT2D eigenvalue weighted by Crippen LogP contribution is 2.27. The van der Waals surface area contributed by atoms with E-state index in [2.05, 4.69) is 15.5 Å². The third-order valence-corrected chi connectivity index (χ3v) is 6.66. The Morgan fingerprint density at radius 2 is 1.90 bits per heavy atom. The van der Waals surface area contributed by atoms with Gasteiger partial charge in [0, 0.05) is 19.3 Å². The van der Waals surface area contributed by atoms with Gasteiger partial charge in [0.2, 0.25) is 11.8 Å². The molecule has 0 saturated carbocycles. The minimum Gasteiger partial charge on any atom is -0.336 e. The second-order valence-corrected chi connectivity index (χ2v) is 9.28. The maximum atomic E-state index is 12.6. The maximum absolute atomic E-state index is 12.6. The molecule has 31 heavy (non-hydrogen) atoms. The summed E-state index contributed by atoms with van der Waals surface area (Å²) in [7, 11) is 1.64. The first kappa shape index (κ1) is 23.0. The number of hydrogen-bond donors (Lipinski definition) is 1. The van der Waals surface area contributed by atoms with Gasteiger partial charge in [-0.05, 0) is 50.3 Å². The standard InChI is InChI=1S/C22H27N5O2S2/c1-6-27-21(17-8-7-9-30-17)24-25-22(27)31-13-19(29)26(5)12-18(28)23-20-15(3)10-14(2)11-16(20)4/h7-11H,6,12-13H2,1-5H3,(H,23,28). The molecule has 2 aromatic heterocycles. The average molecular weight is 458 g/mol. The fourth-order valence-electron chi connectivity index (χ4n) is 3.36. The van der Waals surface area contributed by atoms with Crippen LogP contribution in [0.4, 0.5) is 5.69 Å². The minimum atomic E-state index is -0.215. The predicted molar refractivity (Wildman–Crippen MR) is 127 cm³/mol. The van der Waals surface area contributed by atoms with Gasteiger partial charge in [-0.1, -0.05) is 35.5 Å². The van der Waals surface area contributed by atoms with Crippen molar-refractivity contribution in [2.24, 2.45) is 0 Å². The van der Waals surface area contributed by atoms with Crippen LogP contribution in [0.15, 0.2) is 34.8 Å². The Morgan fingerprint density at radius 3 is 2.52 bits per heavy atom. The summed E-state index contributed by atoms with van der Waals surface area (Å²) in [6.07, 6.45) is 0. The Hall–Kier alpha value is -2.65. The SMILES string of the molecule is CCn1c(SCC(=O)N(C)CC(=O)Nc2c(C)cc(C)cc2C)nnc1-c1cccs1. The van der Waals surface area contributed by atoms with Crippen molar-refractivity contribution in [2.45, 2.75) is 39.4 Å². The van der Waals surface area contributed by atoms with E-state index < -0.39 is 0 Å². The molecule has 0 aliphatic rings. The molecule has 3 rings (SSSR count). The smallest absolute Gasteiger partial charge is 0.243 e. The van der Waals surface area contributed by atoms with Crippen molar-refractivity contribution in [2.75, 3.05) is 24.7 Å². The van der Waals surface area contributed by atoms with Crippen LogP contribution in [0, 0.1) is 20.8 Å². The molecule has 3 aromatic rings. The monoisotopic (exact) mass is 457 g/mol. The Bertz CT molecular complexity index is 1050. The molecule has 2 heterocycles. The predicted octanol–water partition coefficient (Wildman–Crippen LogP) is 4.14. The number of aryl methyl sites for hydroxylation is 3. The average Bonchev–Trinajstić information content (AvgIpc) is 3.37. The van der Waals surface area contributed by atoms with Gasteiger partial charge < -0.3 is 14.8 Å². The van der Waals surface area contributed by atoms with Crippen molar-refractivity contribution < 1.29 is 9.59 Å². The number of thiophene rings is 1. The second-order valence-electron chi connectivity index (χ2n) is 7.39. The van der Waals surface area contributed by atoms with Crippen LogP contribution in [0.5, 0.6) is 0 Å². The van der Waals surface area contributed by atoms with E-state index in [4.69, 9.17) is 0 Å². The van der Waals surface area contributed by atoms with Crippen LogP contribution in [-0.4, -0.2) is 50.8 Å². The van der Waals surface area contributed by atoms with Gasteiger partial charge in [0.25, 0.3) is 0 Å². The topological polar surface area (TPSA) is 80.1 Å². The fraction of sp³-hybridized carbons (Fsp3) is 0.364. The highest BCUT2D eigenvalue weighted by molar-refractivity contribution is 7.99. The maximum Gasteiger partial charge on any atom is 0.243 e. The molecule has 0 aliphatic carbocycles. The summed E-state index contributed by atoms with van der Waals surface area (Å²) < 4.78 is 2.00. The van der Waals surface area contributed by atoms with Crippen molar-refractivity contribution in [1.29, 1.82) is 0 Å². The lowest BCUT2D eigenvalue weighted by Gasteiger charge is -2.18. The molecule has 7 nitrogen and oxygen atoms in total. The van der Waals surface area contributed by atoms with Gasteiger partial charge in [0.1, 0.15) is 0 Å². The molecule has 0 bridgehead atoms. The number of thioether (sulfide) groups is 1. The Kier molecular flexibility index (Phi) is 7.50. The molecule has 2 amide bonds. The number of nitrogens with zero attached hydrogens (tertiary/aromatic N) is 4. The number of carbonyl (C=O) groups excluding carboxylic acids is 2. The van der Waals surface area contributed by atoms with E-state index in [-0.39, 0.29) is 24.1 Å². The molecular formula is C22H27N5O2S2. The van der Waals surface area contributed by atoms with Gasteiger partial charge in [-0.3, -0.25) is 9.59 Å². The molecule has 0 unspecified atom stereocenters. The first-order valence-electron chi connectivity index (χ1n) is 10.0. The van der Waals surface area contributed by atoms with Crippen molar-refractivity contribution in [1.82, 2.24) is 19.7 Å². The molecule has 164 valence electrons. The highest BCUT2D eigenvalue weighted by atomic mass is 32.2. The van der Waals surface area contributed by atoms with E-state index in [1.54, 1.807) is 18.4 Å². The molecule has 0 saturated heterocycles. The molecule has 0 fully saturated rings. The van der Waals surface area contributed by atoms with E-state index in [9.17, 15) is 9.59 Å². The minimum absolute atomic E-state index is 0.00688. The Morgan fingerprint density at radius 1 is 1.19 bits per heavy atom. The molecule has 9 heteroatoms. The molecule has 0 radical (unpaired) electrons. The zero-order valence-electron chi connectivity index (χ0n) is 18.4. The van der Waals surface area contributed by atoms with Crippen LogP contribution in [-0.2, 0) is 16.1 Å². The largest absolute Gasteiger partial charge is 0.336 e. The number of rotatable bonds is 8. The van der Waals surface area contributed by atoms with Gasteiger partial charge in [-0.25, -0.2) is 0 Å². The summed E-state index contributed by atoms with van der Waals surface area (Å²) >= 11 is 2.94. The lowest BCUT2D eigenvalue weighted by atomic mass is 10.1. The third kappa shape index (κ3) is 5.54. The van der Waals surface area contributed by atoms with E-state index in [1.165, 1.54) is 16.7 Å². The highest BCUT2D eigenvalue weighted by Gasteiger charge is 2.18. The summed E-state index contributed by atoms with van der Waals surface area (Å²) in [5.74, 6) is 0.645. The van der Waals surface area contributed by atoms with E-state index in [1.807, 2.05) is 61.9 Å². The molecule has 1 aromatic carbocycles. The number of anilines is 1. The number of amides is 2. The summed E-state index contributed by atoms with van der Waals surface area (Å²) in [6.45, 7) is 8.69. The van der Waals surface area contributed by atoms with Crippen LogP contribution in [0.25, 0.3) is 10.7 Å². The lowest BCUT2D eigenvalue weighted by Crippen LogP contribution is -2.36. The zero-order chi connectivity index (χ0) is 22.5. The number of aromatic nitrogens is 3. The van der Waals surface area contributed by atoms with Gasteiger partial charge in [0.05, 0.1) is 17.2 Å². The van der Waals surface area contributed by atoms with E-state index in [0.29, 0.717) is 11.7 Å². The summed E-state index contributed by atoms with van der Waals surface area (Å²) in [5, 5.41) is 14.2. The van der Waals surface area contributed by atoms with Crippen LogP contribution < -0.4 is 5.32 Å². The van der Waals surface area contributed by atoms with Gasteiger partial charge in [-0.2, -0.15) is 0 Å². The van der Waals surface area contributed by atoms with Crippen LogP contribution in [0.3, 0.4) is 0 Å². The number of likely N-dealkylation sites (N-methyl/N-ethyl adjacent to an activating group) is 1. The van der Waals surface area contributed by atoms with Crippen molar-refractivity contribution in [3.63, 3.8) is 0 Å². The molecule has 1 N–H and O–H groups in total. The summed E-state index contributed by atoms with van der Waals surface area (Å²) in [6, 6.07) is 8.04. The van der Waals surface area contributed by atoms with Crippen LogP contribution in [0.2, 0.25) is 0 Å². The third-order valence-electron chi connectivity index (χ3n) is 4.85. The van der Waals surface area contributed by atoms with Crippen molar-refractivity contribution >= 4 is 40.6 Å². The second kappa shape index (κ2) is 10.1. The van der Waals surface area contributed by atoms with Crippen LogP contribution >= 0.6 is 23.1 Å². The van der Waals surface area contributed by atoms with Crippen LogP contribution in [0.1, 0.15) is 23.6 Å². The zero-order valence-corrected chi connectivity index (χ0v) is 20.1. The van der Waals surface area contributed by atoms with E-state index >= 15 is 0 Å². The molecular weight excluding hydrogens is 430 g/mol. The normalized spacial score (nSPS) is 10.9. The van der Waals surface area contributed by atoms with Gasteiger partial charge >= 0.3 is 0 Å². The molecule has 0 aliphatic heterocycles. The lowest BCUT2D eigenvalue weighted by molar-refractivity contribution is -0.131. The first-order valence-corrected chi connectivity index (χ1v) is 11.9. The van der Waals surface area contributed by atoms with Gasteiger partial charge in [-0.15, -0.1) is 21.5 Å². The summed E-state index contributed by atoms with van der Waals surface area (Å²) in [5.41, 5.74) is 3.98. The quantitative estimate of drug-likeness (QED) is 0.514.